The van der Waals surface area contributed by atoms with E-state index in [2.05, 4.69) is 0 Å². The summed E-state index contributed by atoms with van der Waals surface area (Å²) in [6, 6.07) is 6.60. The molecule has 0 saturated heterocycles. The quantitative estimate of drug-likeness (QED) is 0.618. The number of likely N-dealkylation sites (N-methyl/N-ethyl adjacent to an activating group) is 1. The molecule has 18 heavy (non-hydrogen) atoms. The first-order valence-electron chi connectivity index (χ1n) is 5.93. The predicted molar refractivity (Wildman–Crippen MR) is 69.9 cm³/mol. The molecule has 0 spiro atoms. The van der Waals surface area contributed by atoms with E-state index in [1.54, 1.807) is 24.3 Å². The zero-order valence-corrected chi connectivity index (χ0v) is 11.0. The van der Waals surface area contributed by atoms with Gasteiger partial charge in [0.05, 0.1) is 5.56 Å². The summed E-state index contributed by atoms with van der Waals surface area (Å²) < 4.78 is 0. The highest BCUT2D eigenvalue weighted by atomic mass is 16.4. The molecule has 0 saturated carbocycles. The lowest BCUT2D eigenvalue weighted by atomic mass is 10.0. The molecule has 1 aromatic rings. The van der Waals surface area contributed by atoms with Gasteiger partial charge in [-0.15, -0.1) is 0 Å². The largest absolute Gasteiger partial charge is 0.478 e. The van der Waals surface area contributed by atoms with Gasteiger partial charge in [-0.25, -0.2) is 4.79 Å². The van der Waals surface area contributed by atoms with Crippen molar-refractivity contribution in [1.29, 1.82) is 0 Å². The minimum Gasteiger partial charge on any atom is -0.478 e. The van der Waals surface area contributed by atoms with Crippen LogP contribution in [0.2, 0.25) is 0 Å². The Morgan fingerprint density at radius 2 is 1.89 bits per heavy atom. The Bertz CT molecular complexity index is 412. The third-order valence-electron chi connectivity index (χ3n) is 2.96. The fourth-order valence-corrected chi connectivity index (χ4v) is 1.92. The molecule has 1 rings (SSSR count). The number of carboxylic acids is 1. The zero-order chi connectivity index (χ0) is 13.7. The lowest BCUT2D eigenvalue weighted by Gasteiger charge is -2.17. The smallest absolute Gasteiger partial charge is 0.335 e. The van der Waals surface area contributed by atoms with Crippen molar-refractivity contribution in [3.8, 4) is 0 Å². The van der Waals surface area contributed by atoms with Crippen LogP contribution < -0.4 is 4.90 Å². The number of nitrogens with zero attached hydrogens (tertiary/aromatic N) is 1. The number of carbonyl (C=O) groups excluding carboxylic acids is 1. The van der Waals surface area contributed by atoms with Gasteiger partial charge in [0.1, 0.15) is 13.6 Å². The SMILES string of the molecule is CC(C)[C@@H](C=O)[N+](C)Cc1ccc(C(=O)O)cc1. The van der Waals surface area contributed by atoms with Crippen molar-refractivity contribution >= 4 is 12.3 Å². The molecule has 1 aromatic carbocycles. The van der Waals surface area contributed by atoms with Gasteiger partial charge >= 0.3 is 5.97 Å². The van der Waals surface area contributed by atoms with E-state index in [0.717, 1.165) is 11.8 Å². The summed E-state index contributed by atoms with van der Waals surface area (Å²) in [4.78, 5) is 23.7. The van der Waals surface area contributed by atoms with Crippen LogP contribution >= 0.6 is 0 Å². The van der Waals surface area contributed by atoms with Crippen molar-refractivity contribution in [2.45, 2.75) is 26.4 Å². The third kappa shape index (κ3) is 3.67. The van der Waals surface area contributed by atoms with Gasteiger partial charge < -0.3 is 5.11 Å². The highest BCUT2D eigenvalue weighted by Gasteiger charge is 2.26. The van der Waals surface area contributed by atoms with Gasteiger partial charge in [0.25, 0.3) is 0 Å². The Balaban J connectivity index is 2.72. The number of benzene rings is 1. The Morgan fingerprint density at radius 3 is 2.28 bits per heavy atom. The van der Waals surface area contributed by atoms with Crippen LogP contribution in [0.3, 0.4) is 0 Å². The number of hydrogen-bond acceptors (Lipinski definition) is 3. The standard InChI is InChI=1S/C14H19NO3/c1-10(2)13(9-16)15(3)8-11-4-6-12(7-5-11)14(17)18/h4-7,9-10,13H,8H2,1-3H3,(H,17,18)/q+1/t13-/m1/s1. The van der Waals surface area contributed by atoms with E-state index in [-0.39, 0.29) is 17.5 Å². The number of carboxylic acid groups (broad SMARTS) is 1. The van der Waals surface area contributed by atoms with Crippen molar-refractivity contribution in [3.63, 3.8) is 0 Å². The first-order chi connectivity index (χ1) is 8.45. The number of aromatic carboxylic acids is 1. The Labute approximate surface area is 107 Å². The summed E-state index contributed by atoms with van der Waals surface area (Å²) in [5, 5.41) is 8.80. The summed E-state index contributed by atoms with van der Waals surface area (Å²) in [5.74, 6) is -0.673. The lowest BCUT2D eigenvalue weighted by molar-refractivity contribution is -0.111. The summed E-state index contributed by atoms with van der Waals surface area (Å²) in [6.45, 7) is 4.63. The van der Waals surface area contributed by atoms with Gasteiger partial charge in [0.2, 0.25) is 0 Å². The van der Waals surface area contributed by atoms with Gasteiger partial charge in [-0.3, -0.25) is 4.79 Å². The topological polar surface area (TPSA) is 60.3 Å². The van der Waals surface area contributed by atoms with Crippen LogP contribution in [-0.2, 0) is 11.3 Å². The van der Waals surface area contributed by atoms with E-state index < -0.39 is 5.97 Å². The average Bonchev–Trinajstić information content (AvgIpc) is 2.29. The zero-order valence-electron chi connectivity index (χ0n) is 11.0. The van der Waals surface area contributed by atoms with Crippen LogP contribution in [0.25, 0.3) is 0 Å². The van der Waals surface area contributed by atoms with E-state index in [0.29, 0.717) is 6.54 Å². The average molecular weight is 249 g/mol. The summed E-state index contributed by atoms with van der Waals surface area (Å²) in [6.07, 6.45) is 0.955. The van der Waals surface area contributed by atoms with Crippen molar-refractivity contribution in [2.75, 3.05) is 7.05 Å². The summed E-state index contributed by atoms with van der Waals surface area (Å²) in [5.41, 5.74) is 1.27. The molecule has 1 N–H and O–H groups in total. The second-order valence-electron chi connectivity index (χ2n) is 4.79. The molecule has 0 aliphatic carbocycles. The molecule has 0 fully saturated rings. The number of carbonyl (C=O) groups is 2. The van der Waals surface area contributed by atoms with Gasteiger partial charge in [-0.05, 0) is 12.1 Å². The summed E-state index contributed by atoms with van der Waals surface area (Å²) >= 11 is 0. The second-order valence-corrected chi connectivity index (χ2v) is 4.79. The molecule has 0 aromatic heterocycles. The van der Waals surface area contributed by atoms with Crippen LogP contribution in [0.5, 0.6) is 0 Å². The molecule has 1 atom stereocenters. The van der Waals surface area contributed by atoms with E-state index in [1.165, 1.54) is 0 Å². The Kier molecular flexibility index (Phi) is 5.04. The fraction of sp³-hybridized carbons (Fsp3) is 0.429. The molecule has 0 unspecified atom stereocenters. The van der Waals surface area contributed by atoms with Gasteiger partial charge in [0.15, 0.2) is 12.3 Å². The van der Waals surface area contributed by atoms with Crippen molar-refractivity contribution in [2.24, 2.45) is 5.92 Å². The van der Waals surface area contributed by atoms with Gasteiger partial charge in [-0.2, -0.15) is 4.90 Å². The molecular weight excluding hydrogens is 230 g/mol. The molecular formula is C14H19NO3+. The maximum atomic E-state index is 11.0. The van der Waals surface area contributed by atoms with E-state index in [4.69, 9.17) is 5.11 Å². The monoisotopic (exact) mass is 249 g/mol. The third-order valence-corrected chi connectivity index (χ3v) is 2.96. The van der Waals surface area contributed by atoms with E-state index in [1.807, 2.05) is 25.8 Å². The highest BCUT2D eigenvalue weighted by molar-refractivity contribution is 5.87. The lowest BCUT2D eigenvalue weighted by Crippen LogP contribution is -2.41. The van der Waals surface area contributed by atoms with E-state index >= 15 is 0 Å². The van der Waals surface area contributed by atoms with Crippen molar-refractivity contribution < 1.29 is 14.7 Å². The van der Waals surface area contributed by atoms with Crippen LogP contribution in [0.4, 0.5) is 0 Å². The first-order valence-corrected chi connectivity index (χ1v) is 5.93. The van der Waals surface area contributed by atoms with Crippen LogP contribution in [0.15, 0.2) is 24.3 Å². The van der Waals surface area contributed by atoms with Crippen LogP contribution in [0.1, 0.15) is 29.8 Å². The van der Waals surface area contributed by atoms with Gasteiger partial charge in [0, 0.05) is 11.5 Å². The first kappa shape index (κ1) is 14.4. The maximum absolute atomic E-state index is 11.0. The number of aldehydes is 1. The summed E-state index contributed by atoms with van der Waals surface area (Å²) in [7, 11) is 1.89. The van der Waals surface area contributed by atoms with Crippen molar-refractivity contribution in [1.82, 2.24) is 4.90 Å². The second kappa shape index (κ2) is 6.31. The Morgan fingerprint density at radius 1 is 1.33 bits per heavy atom. The number of hydrogen-bond donors (Lipinski definition) is 1. The maximum Gasteiger partial charge on any atom is 0.335 e. The molecule has 4 heteroatoms. The van der Waals surface area contributed by atoms with Crippen molar-refractivity contribution in [3.05, 3.63) is 35.4 Å². The molecule has 0 bridgehead atoms. The van der Waals surface area contributed by atoms with E-state index in [9.17, 15) is 9.59 Å². The fourth-order valence-electron chi connectivity index (χ4n) is 1.92. The van der Waals surface area contributed by atoms with Crippen LogP contribution in [-0.4, -0.2) is 30.5 Å². The molecule has 97 valence electrons. The molecule has 1 radical (unpaired) electrons. The highest BCUT2D eigenvalue weighted by Crippen LogP contribution is 2.10. The molecule has 0 amide bonds. The minimum absolute atomic E-state index is 0.121. The minimum atomic E-state index is -0.928. The normalized spacial score (nSPS) is 12.7. The Hall–Kier alpha value is -1.68. The molecule has 4 nitrogen and oxygen atoms in total. The van der Waals surface area contributed by atoms with Crippen LogP contribution in [0, 0.1) is 5.92 Å². The molecule has 0 aliphatic rings. The molecule has 0 aliphatic heterocycles. The number of rotatable bonds is 6. The molecule has 0 heterocycles. The van der Waals surface area contributed by atoms with Gasteiger partial charge in [-0.1, -0.05) is 26.0 Å². The predicted octanol–water partition coefficient (Wildman–Crippen LogP) is 1.88.